The SMILES string of the molecule is CCOC(=O)C1=C(Nc2ccccc2)S/C(=C\c2ccc(OCCOCCOCCOCCNC(=O)c3cc(NC(=S)Nc4ccc(C(N)=O)cc4)cc(NC(=S)Nc4ccc(C(N)=O)cc4)c3)c(O)c2)C1=O. The van der Waals surface area contributed by atoms with Crippen LogP contribution in [0.2, 0.25) is 0 Å². The molecule has 0 atom stereocenters. The van der Waals surface area contributed by atoms with Crippen LogP contribution in [0.4, 0.5) is 28.4 Å². The Morgan fingerprint density at radius 1 is 0.630 bits per heavy atom. The summed E-state index contributed by atoms with van der Waals surface area (Å²) >= 11 is 12.1. The number of anilines is 5. The number of carbonyl (C=O) groups excluding carboxylic acids is 5. The molecule has 3 amide bonds. The van der Waals surface area contributed by atoms with E-state index in [1.54, 1.807) is 91.9 Å². The number of ketones is 1. The largest absolute Gasteiger partial charge is 0.504 e. The number of nitrogens with one attached hydrogen (secondary N) is 6. The van der Waals surface area contributed by atoms with Gasteiger partial charge in [-0.3, -0.25) is 19.2 Å². The van der Waals surface area contributed by atoms with Gasteiger partial charge in [-0.1, -0.05) is 36.0 Å². The first kappa shape index (κ1) is 54.5. The molecule has 0 aromatic heterocycles. The number of nitrogens with two attached hydrogens (primary N) is 2. The predicted octanol–water partition coefficient (Wildman–Crippen LogP) is 6.61. The van der Waals surface area contributed by atoms with E-state index in [1.165, 1.54) is 6.07 Å². The summed E-state index contributed by atoms with van der Waals surface area (Å²) < 4.78 is 27.6. The number of phenols is 1. The van der Waals surface area contributed by atoms with E-state index in [9.17, 15) is 29.1 Å². The molecule has 6 rings (SSSR count). The molecule has 380 valence electrons. The fraction of sp³-hybridized carbons (Fsp3) is 0.196. The lowest BCUT2D eigenvalue weighted by molar-refractivity contribution is -0.139. The third-order valence-corrected chi connectivity index (χ3v) is 11.5. The van der Waals surface area contributed by atoms with E-state index in [0.717, 1.165) is 11.8 Å². The summed E-state index contributed by atoms with van der Waals surface area (Å²) in [6.45, 7) is 3.70. The number of allylic oxidation sites excluding steroid dienone is 1. The van der Waals surface area contributed by atoms with Crippen LogP contribution in [0.5, 0.6) is 11.5 Å². The molecule has 19 nitrogen and oxygen atoms in total. The minimum atomic E-state index is -0.718. The Morgan fingerprint density at radius 2 is 1.16 bits per heavy atom. The molecule has 0 saturated carbocycles. The first-order valence-electron chi connectivity index (χ1n) is 22.5. The number of hydrogen-bond donors (Lipinski definition) is 9. The maximum absolute atomic E-state index is 13.3. The quantitative estimate of drug-likeness (QED) is 0.00978. The number of Topliss-reactive ketones (excluding diaryl/α,β-unsaturated/α-hetero) is 1. The number of aromatic hydroxyl groups is 1. The predicted molar refractivity (Wildman–Crippen MR) is 289 cm³/mol. The van der Waals surface area contributed by atoms with Crippen LogP contribution in [0.25, 0.3) is 6.08 Å². The number of primary amides is 2. The minimum absolute atomic E-state index is 0.0837. The van der Waals surface area contributed by atoms with Crippen molar-refractivity contribution in [3.8, 4) is 11.5 Å². The first-order valence-corrected chi connectivity index (χ1v) is 24.2. The van der Waals surface area contributed by atoms with Gasteiger partial charge in [0.1, 0.15) is 12.2 Å². The molecule has 0 unspecified atom stereocenters. The number of thiocarbonyl (C=S) groups is 2. The molecule has 1 aliphatic rings. The van der Waals surface area contributed by atoms with Crippen LogP contribution in [0, 0.1) is 0 Å². The number of para-hydroxylation sites is 1. The lowest BCUT2D eigenvalue weighted by atomic mass is 10.1. The van der Waals surface area contributed by atoms with Crippen molar-refractivity contribution in [3.63, 3.8) is 0 Å². The zero-order valence-corrected chi connectivity index (χ0v) is 41.8. The number of hydrogen-bond acceptors (Lipinski definition) is 15. The average Bonchev–Trinajstić information content (AvgIpc) is 3.66. The Kier molecular flexibility index (Phi) is 20.6. The molecule has 5 aromatic carbocycles. The number of amides is 3. The highest BCUT2D eigenvalue weighted by atomic mass is 32.2. The van der Waals surface area contributed by atoms with E-state index in [0.29, 0.717) is 56.8 Å². The Labute approximate surface area is 435 Å². The van der Waals surface area contributed by atoms with E-state index < -0.39 is 29.5 Å². The van der Waals surface area contributed by atoms with Crippen molar-refractivity contribution in [2.75, 3.05) is 86.0 Å². The van der Waals surface area contributed by atoms with Crippen molar-refractivity contribution in [3.05, 3.63) is 153 Å². The molecule has 1 heterocycles. The lowest BCUT2D eigenvalue weighted by Gasteiger charge is -2.16. The van der Waals surface area contributed by atoms with Gasteiger partial charge in [0.25, 0.3) is 5.91 Å². The Hall–Kier alpha value is -7.86. The highest BCUT2D eigenvalue weighted by Gasteiger charge is 2.35. The number of thioether (sulfide) groups is 1. The Balaban J connectivity index is 0.885. The van der Waals surface area contributed by atoms with Crippen molar-refractivity contribution >= 4 is 110 Å². The van der Waals surface area contributed by atoms with Gasteiger partial charge in [0.2, 0.25) is 17.6 Å². The summed E-state index contributed by atoms with van der Waals surface area (Å²) in [5.74, 6) is -2.62. The van der Waals surface area contributed by atoms with Crippen LogP contribution in [0.15, 0.2) is 131 Å². The van der Waals surface area contributed by atoms with E-state index in [4.69, 9.17) is 59.6 Å². The monoisotopic (exact) mass is 1050 g/mol. The number of phenolic OH excluding ortho intramolecular Hbond substituents is 1. The fourth-order valence-corrected chi connectivity index (χ4v) is 8.10. The van der Waals surface area contributed by atoms with E-state index >= 15 is 0 Å². The summed E-state index contributed by atoms with van der Waals surface area (Å²) in [5.41, 5.74) is 14.9. The second-order valence-corrected chi connectivity index (χ2v) is 17.2. The average molecular weight is 1050 g/mol. The maximum Gasteiger partial charge on any atom is 0.344 e. The van der Waals surface area contributed by atoms with Gasteiger partial charge in [0.15, 0.2) is 21.7 Å². The molecule has 0 fully saturated rings. The van der Waals surface area contributed by atoms with Crippen molar-refractivity contribution < 1.29 is 52.8 Å². The van der Waals surface area contributed by atoms with Crippen molar-refractivity contribution in [1.82, 2.24) is 5.32 Å². The third kappa shape index (κ3) is 17.2. The number of esters is 1. The van der Waals surface area contributed by atoms with Crippen molar-refractivity contribution in [1.29, 1.82) is 0 Å². The van der Waals surface area contributed by atoms with Gasteiger partial charge in [0.05, 0.1) is 56.2 Å². The number of rotatable bonds is 25. The zero-order chi connectivity index (χ0) is 52.1. The number of benzene rings is 5. The fourth-order valence-electron chi connectivity index (χ4n) is 6.57. The van der Waals surface area contributed by atoms with Gasteiger partial charge in [-0.05, 0) is 134 Å². The molecule has 5 aromatic rings. The number of ether oxygens (including phenoxy) is 5. The topological polar surface area (TPSA) is 276 Å². The number of carbonyl (C=O) groups is 5. The second kappa shape index (κ2) is 27.7. The third-order valence-electron chi connectivity index (χ3n) is 10.0. The molecule has 0 bridgehead atoms. The molecule has 73 heavy (non-hydrogen) atoms. The summed E-state index contributed by atoms with van der Waals surface area (Å²) in [6.07, 6.45) is 1.59. The van der Waals surface area contributed by atoms with Gasteiger partial charge < -0.3 is 72.2 Å². The van der Waals surface area contributed by atoms with Crippen LogP contribution in [0.3, 0.4) is 0 Å². The Morgan fingerprint density at radius 3 is 1.70 bits per heavy atom. The molecule has 0 radical (unpaired) electrons. The van der Waals surface area contributed by atoms with Crippen LogP contribution < -0.4 is 48.1 Å². The molecule has 0 saturated heterocycles. The summed E-state index contributed by atoms with van der Waals surface area (Å²) in [4.78, 5) is 62.6. The molecule has 1 aliphatic heterocycles. The van der Waals surface area contributed by atoms with Crippen LogP contribution in [0.1, 0.15) is 43.6 Å². The molecular weight excluding hydrogens is 997 g/mol. The van der Waals surface area contributed by atoms with E-state index in [1.807, 2.05) is 30.3 Å². The molecule has 11 N–H and O–H groups in total. The molecule has 0 spiro atoms. The van der Waals surface area contributed by atoms with Gasteiger partial charge >= 0.3 is 5.97 Å². The van der Waals surface area contributed by atoms with Gasteiger partial charge in [-0.15, -0.1) is 0 Å². The summed E-state index contributed by atoms with van der Waals surface area (Å²) in [7, 11) is 0. The minimum Gasteiger partial charge on any atom is -0.504 e. The van der Waals surface area contributed by atoms with Crippen molar-refractivity contribution in [2.24, 2.45) is 11.5 Å². The van der Waals surface area contributed by atoms with Crippen molar-refractivity contribution in [2.45, 2.75) is 6.92 Å². The van der Waals surface area contributed by atoms with Gasteiger partial charge in [-0.25, -0.2) is 4.79 Å². The van der Waals surface area contributed by atoms with Gasteiger partial charge in [-0.2, -0.15) is 0 Å². The van der Waals surface area contributed by atoms with E-state index in [2.05, 4.69) is 31.9 Å². The molecule has 22 heteroatoms. The maximum atomic E-state index is 13.3. The molecule has 0 aliphatic carbocycles. The van der Waals surface area contributed by atoms with Crippen LogP contribution in [-0.2, 0) is 28.5 Å². The smallest absolute Gasteiger partial charge is 0.344 e. The molecular formula is C51H52N8O11S3. The standard InChI is InChI=1S/C51H52N8O11S3/c1-2-69-49(65)43-44(61)42(73-48(43)55-35-6-4-3-5-7-35)27-31-8-17-41(40(60)26-31)70-25-24-68-23-22-67-21-20-66-19-18-54-47(64)34-28-38(58-50(71)56-36-13-9-32(10-14-36)45(52)62)30-39(29-34)59-51(72)57-37-15-11-33(12-16-37)46(53)63/h3-17,26-30,55,60H,2,18-25H2,1H3,(H2,52,62)(H2,53,63)(H,54,64)(H2,56,58,71)(H2,57,59,72)/b42-27-. The summed E-state index contributed by atoms with van der Waals surface area (Å²) in [5, 5.41) is 29.6. The zero-order valence-electron chi connectivity index (χ0n) is 39.3. The second-order valence-electron chi connectivity index (χ2n) is 15.4. The van der Waals surface area contributed by atoms with Crippen LogP contribution >= 0.6 is 36.2 Å². The highest BCUT2D eigenvalue weighted by molar-refractivity contribution is 8.08. The van der Waals surface area contributed by atoms with Gasteiger partial charge in [0, 0.05) is 51.7 Å². The van der Waals surface area contributed by atoms with E-state index in [-0.39, 0.29) is 90.6 Å². The normalized spacial score (nSPS) is 12.5. The van der Waals surface area contributed by atoms with Crippen LogP contribution in [-0.4, -0.2) is 104 Å². The Bertz CT molecular complexity index is 2780. The lowest BCUT2D eigenvalue weighted by Crippen LogP contribution is -2.28. The first-order chi connectivity index (χ1) is 35.3. The highest BCUT2D eigenvalue weighted by Crippen LogP contribution is 2.41. The summed E-state index contributed by atoms with van der Waals surface area (Å²) in [6, 6.07) is 31.7.